The Labute approximate surface area is 211 Å². The van der Waals surface area contributed by atoms with Crippen molar-refractivity contribution < 1.29 is 9.47 Å². The molecule has 7 heteroatoms. The summed E-state index contributed by atoms with van der Waals surface area (Å²) in [6, 6.07) is 19.5. The van der Waals surface area contributed by atoms with E-state index >= 15 is 0 Å². The van der Waals surface area contributed by atoms with E-state index in [1.165, 1.54) is 18.4 Å². The Morgan fingerprint density at radius 3 is 2.43 bits per heavy atom. The summed E-state index contributed by atoms with van der Waals surface area (Å²) in [6.07, 6.45) is 8.69. The van der Waals surface area contributed by atoms with Crippen molar-refractivity contribution in [2.45, 2.75) is 44.3 Å². The van der Waals surface area contributed by atoms with E-state index in [-0.39, 0.29) is 0 Å². The van der Waals surface area contributed by atoms with Gasteiger partial charge in [-0.05, 0) is 43.4 Å². The third-order valence-electron chi connectivity index (χ3n) is 6.75. The fourth-order valence-electron chi connectivity index (χ4n) is 4.80. The van der Waals surface area contributed by atoms with Gasteiger partial charge in [-0.3, -0.25) is 0 Å². The van der Waals surface area contributed by atoms with Crippen LogP contribution in [-0.2, 0) is 6.54 Å². The molecule has 0 aliphatic heterocycles. The quantitative estimate of drug-likeness (QED) is 0.308. The van der Waals surface area contributed by atoms with Gasteiger partial charge >= 0.3 is 0 Å². The average molecular weight is 491 g/mol. The summed E-state index contributed by atoms with van der Waals surface area (Å²) in [5, 5.41) is 7.96. The van der Waals surface area contributed by atoms with Crippen molar-refractivity contribution in [1.29, 1.82) is 0 Å². The molecule has 2 N–H and O–H groups in total. The summed E-state index contributed by atoms with van der Waals surface area (Å²) in [5.41, 5.74) is 4.94. The molecule has 182 valence electrons. The third-order valence-corrected chi connectivity index (χ3v) is 7.04. The molecule has 2 aromatic carbocycles. The zero-order valence-corrected chi connectivity index (χ0v) is 20.9. The lowest BCUT2D eigenvalue weighted by Crippen LogP contribution is -2.36. The van der Waals surface area contributed by atoms with E-state index in [0.29, 0.717) is 28.6 Å². The van der Waals surface area contributed by atoms with Gasteiger partial charge in [0, 0.05) is 54.4 Å². The summed E-state index contributed by atoms with van der Waals surface area (Å²) in [7, 11) is 3.23. The molecule has 4 aromatic rings. The minimum atomic E-state index is 0.474. The highest BCUT2D eigenvalue weighted by Gasteiger charge is 2.21. The lowest BCUT2D eigenvalue weighted by atomic mass is 9.91. The Hall–Kier alpha value is -3.22. The van der Waals surface area contributed by atoms with E-state index in [0.717, 1.165) is 42.0 Å². The number of benzene rings is 2. The largest absolute Gasteiger partial charge is 0.496 e. The van der Waals surface area contributed by atoms with E-state index in [1.807, 2.05) is 22.9 Å². The predicted molar refractivity (Wildman–Crippen MR) is 142 cm³/mol. The maximum absolute atomic E-state index is 6.37. The SMILES string of the molecule is COc1cc(OC)c(-c2cn3ccc(NC4CCC(NCc5ccccc5)CC4)cc3n2)cc1Cl. The highest BCUT2D eigenvalue weighted by atomic mass is 35.5. The molecule has 0 atom stereocenters. The second kappa shape index (κ2) is 10.6. The molecule has 0 unspecified atom stereocenters. The highest BCUT2D eigenvalue weighted by Crippen LogP contribution is 2.38. The van der Waals surface area contributed by atoms with Crippen LogP contribution in [0.15, 0.2) is 67.0 Å². The first-order valence-corrected chi connectivity index (χ1v) is 12.4. The van der Waals surface area contributed by atoms with Crippen molar-refractivity contribution in [2.24, 2.45) is 0 Å². The smallest absolute Gasteiger partial charge is 0.141 e. The second-order valence-electron chi connectivity index (χ2n) is 9.05. The van der Waals surface area contributed by atoms with Crippen LogP contribution in [0.25, 0.3) is 16.9 Å². The molecule has 0 saturated heterocycles. The molecule has 0 amide bonds. The number of ether oxygens (including phenoxy) is 2. The van der Waals surface area contributed by atoms with E-state index in [2.05, 4.69) is 53.1 Å². The third kappa shape index (κ3) is 5.39. The number of hydrogen-bond acceptors (Lipinski definition) is 5. The number of aromatic nitrogens is 2. The standard InChI is InChI=1S/C28H31ClN4O2/c1-34-26-16-27(35-2)24(29)15-23(26)25-18-33-13-12-22(14-28(33)32-25)31-21-10-8-20(9-11-21)30-17-19-6-4-3-5-7-19/h3-7,12-16,18,20-21,30-31H,8-11,17H2,1-2H3. The van der Waals surface area contributed by atoms with Crippen LogP contribution in [-0.4, -0.2) is 35.7 Å². The summed E-state index contributed by atoms with van der Waals surface area (Å²) in [5.74, 6) is 1.25. The fourth-order valence-corrected chi connectivity index (χ4v) is 5.04. The first kappa shape index (κ1) is 23.5. The Balaban J connectivity index is 1.23. The van der Waals surface area contributed by atoms with E-state index < -0.39 is 0 Å². The summed E-state index contributed by atoms with van der Waals surface area (Å²) < 4.78 is 12.9. The van der Waals surface area contributed by atoms with Crippen molar-refractivity contribution in [3.05, 3.63) is 77.6 Å². The predicted octanol–water partition coefficient (Wildman–Crippen LogP) is 6.18. The molecule has 5 rings (SSSR count). The van der Waals surface area contributed by atoms with Crippen molar-refractivity contribution >= 4 is 22.9 Å². The molecule has 1 fully saturated rings. The molecular weight excluding hydrogens is 460 g/mol. The van der Waals surface area contributed by atoms with Crippen LogP contribution >= 0.6 is 11.6 Å². The zero-order valence-electron chi connectivity index (χ0n) is 20.1. The highest BCUT2D eigenvalue weighted by molar-refractivity contribution is 6.32. The second-order valence-corrected chi connectivity index (χ2v) is 9.46. The molecule has 0 radical (unpaired) electrons. The van der Waals surface area contributed by atoms with Gasteiger partial charge in [0.2, 0.25) is 0 Å². The molecule has 35 heavy (non-hydrogen) atoms. The number of anilines is 1. The maximum atomic E-state index is 6.37. The maximum Gasteiger partial charge on any atom is 0.141 e. The normalized spacial score (nSPS) is 17.9. The van der Waals surface area contributed by atoms with Crippen LogP contribution in [0.2, 0.25) is 5.02 Å². The number of nitrogens with one attached hydrogen (secondary N) is 2. The van der Waals surface area contributed by atoms with E-state index in [1.54, 1.807) is 20.3 Å². The van der Waals surface area contributed by atoms with Crippen molar-refractivity contribution in [2.75, 3.05) is 19.5 Å². The molecular formula is C28H31ClN4O2. The van der Waals surface area contributed by atoms with E-state index in [4.69, 9.17) is 26.1 Å². The van der Waals surface area contributed by atoms with Crippen LogP contribution < -0.4 is 20.1 Å². The van der Waals surface area contributed by atoms with Crippen LogP contribution in [0.4, 0.5) is 5.69 Å². The van der Waals surface area contributed by atoms with Crippen LogP contribution in [0.3, 0.4) is 0 Å². The van der Waals surface area contributed by atoms with Gasteiger partial charge in [-0.1, -0.05) is 41.9 Å². The van der Waals surface area contributed by atoms with Crippen LogP contribution in [0.5, 0.6) is 11.5 Å². The van der Waals surface area contributed by atoms with Gasteiger partial charge in [0.15, 0.2) is 0 Å². The molecule has 1 aliphatic rings. The minimum absolute atomic E-state index is 0.474. The van der Waals surface area contributed by atoms with Crippen molar-refractivity contribution in [3.8, 4) is 22.8 Å². The Morgan fingerprint density at radius 1 is 0.943 bits per heavy atom. The van der Waals surface area contributed by atoms with Gasteiger partial charge in [-0.25, -0.2) is 4.98 Å². The van der Waals surface area contributed by atoms with Gasteiger partial charge < -0.3 is 24.5 Å². The van der Waals surface area contributed by atoms with Gasteiger partial charge in [-0.15, -0.1) is 0 Å². The van der Waals surface area contributed by atoms with Crippen molar-refractivity contribution in [1.82, 2.24) is 14.7 Å². The average Bonchev–Trinajstić information content (AvgIpc) is 3.32. The minimum Gasteiger partial charge on any atom is -0.496 e. The number of hydrogen-bond donors (Lipinski definition) is 2. The van der Waals surface area contributed by atoms with Gasteiger partial charge in [-0.2, -0.15) is 0 Å². The van der Waals surface area contributed by atoms with Crippen LogP contribution in [0.1, 0.15) is 31.2 Å². The van der Waals surface area contributed by atoms with E-state index in [9.17, 15) is 0 Å². The first-order valence-electron chi connectivity index (χ1n) is 12.1. The number of rotatable bonds is 8. The Bertz CT molecular complexity index is 1280. The lowest BCUT2D eigenvalue weighted by Gasteiger charge is -2.30. The summed E-state index contributed by atoms with van der Waals surface area (Å²) in [4.78, 5) is 4.84. The monoisotopic (exact) mass is 490 g/mol. The fraction of sp³-hybridized carbons (Fsp3) is 0.321. The molecule has 2 heterocycles. The molecule has 1 aliphatic carbocycles. The number of pyridine rings is 1. The topological polar surface area (TPSA) is 59.8 Å². The lowest BCUT2D eigenvalue weighted by molar-refractivity contribution is 0.353. The Morgan fingerprint density at radius 2 is 1.69 bits per heavy atom. The van der Waals surface area contributed by atoms with Crippen LogP contribution in [0, 0.1) is 0 Å². The number of methoxy groups -OCH3 is 2. The zero-order chi connectivity index (χ0) is 24.2. The molecule has 0 bridgehead atoms. The Kier molecular flexibility index (Phi) is 7.11. The number of halogens is 1. The van der Waals surface area contributed by atoms with Gasteiger partial charge in [0.1, 0.15) is 17.1 Å². The molecule has 6 nitrogen and oxygen atoms in total. The van der Waals surface area contributed by atoms with Gasteiger partial charge in [0.05, 0.1) is 24.9 Å². The number of fused-ring (bicyclic) bond motifs is 1. The molecule has 2 aromatic heterocycles. The number of imidazole rings is 1. The first-order chi connectivity index (χ1) is 17.1. The molecule has 1 saturated carbocycles. The summed E-state index contributed by atoms with van der Waals surface area (Å²) in [6.45, 7) is 0.937. The van der Waals surface area contributed by atoms with Gasteiger partial charge in [0.25, 0.3) is 0 Å². The number of nitrogens with zero attached hydrogens (tertiary/aromatic N) is 2. The van der Waals surface area contributed by atoms with Crippen molar-refractivity contribution in [3.63, 3.8) is 0 Å². The molecule has 0 spiro atoms. The summed E-state index contributed by atoms with van der Waals surface area (Å²) >= 11 is 6.37.